The number of aliphatic carboxylic acids is 1. The molecule has 20 heavy (non-hydrogen) atoms. The lowest BCUT2D eigenvalue weighted by Gasteiger charge is -2.21. The van der Waals surface area contributed by atoms with Crippen LogP contribution in [0.3, 0.4) is 0 Å². The molecule has 1 unspecified atom stereocenters. The fraction of sp³-hybridized carbons (Fsp3) is 0.462. The van der Waals surface area contributed by atoms with Crippen LogP contribution in [0.5, 0.6) is 0 Å². The Morgan fingerprint density at radius 2 is 2.00 bits per heavy atom. The number of thiophene rings is 1. The molecule has 3 N–H and O–H groups in total. The highest BCUT2D eigenvalue weighted by atomic mass is 32.1. The van der Waals surface area contributed by atoms with Gasteiger partial charge >= 0.3 is 12.0 Å². The quantitative estimate of drug-likeness (QED) is 0.749. The third kappa shape index (κ3) is 5.40. The van der Waals surface area contributed by atoms with Crippen LogP contribution < -0.4 is 10.6 Å². The second-order valence-electron chi connectivity index (χ2n) is 4.65. The molecule has 1 aromatic heterocycles. The molecule has 0 aliphatic heterocycles. The Morgan fingerprint density at radius 3 is 2.50 bits per heavy atom. The van der Waals surface area contributed by atoms with Crippen LogP contribution in [0.15, 0.2) is 17.5 Å². The number of hydrogen-bond acceptors (Lipinski definition) is 4. The van der Waals surface area contributed by atoms with Crippen LogP contribution in [0.2, 0.25) is 0 Å². The zero-order chi connectivity index (χ0) is 15.1. The predicted octanol–water partition coefficient (Wildman–Crippen LogP) is 2.14. The molecule has 0 saturated carbocycles. The molecular weight excluding hydrogens is 280 g/mol. The molecule has 0 bridgehead atoms. The van der Waals surface area contributed by atoms with Crippen molar-refractivity contribution in [2.24, 2.45) is 5.92 Å². The normalized spacial score (nSPS) is 11.9. The third-order valence-corrected chi connectivity index (χ3v) is 3.58. The molecule has 0 spiro atoms. The number of rotatable bonds is 6. The standard InChI is InChI=1S/C13H18N2O4S/c1-8(2)12(9-4-3-7-20-9)15-13(19)14-10(16)5-6-11(17)18/h3-4,7-8,12H,5-6H2,1-2H3,(H,17,18)(H2,14,15,16,19). The maximum absolute atomic E-state index is 11.7. The zero-order valence-electron chi connectivity index (χ0n) is 11.4. The first-order valence-corrected chi connectivity index (χ1v) is 7.13. The van der Waals surface area contributed by atoms with Crippen LogP contribution in [0.1, 0.15) is 37.6 Å². The summed E-state index contributed by atoms with van der Waals surface area (Å²) in [7, 11) is 0. The molecule has 0 radical (unpaired) electrons. The number of carbonyl (C=O) groups is 3. The van der Waals surface area contributed by atoms with Gasteiger partial charge in [-0.25, -0.2) is 4.79 Å². The van der Waals surface area contributed by atoms with Crippen LogP contribution in [-0.4, -0.2) is 23.0 Å². The molecule has 0 fully saturated rings. The van der Waals surface area contributed by atoms with Crippen molar-refractivity contribution in [2.45, 2.75) is 32.7 Å². The van der Waals surface area contributed by atoms with Gasteiger partial charge in [0.2, 0.25) is 5.91 Å². The number of urea groups is 1. The molecule has 110 valence electrons. The van der Waals surface area contributed by atoms with Crippen molar-refractivity contribution in [1.29, 1.82) is 0 Å². The molecular formula is C13H18N2O4S. The van der Waals surface area contributed by atoms with E-state index >= 15 is 0 Å². The van der Waals surface area contributed by atoms with Crippen molar-refractivity contribution >= 4 is 29.2 Å². The van der Waals surface area contributed by atoms with Crippen LogP contribution in [0.4, 0.5) is 4.79 Å². The summed E-state index contributed by atoms with van der Waals surface area (Å²) >= 11 is 1.53. The van der Waals surface area contributed by atoms with Crippen molar-refractivity contribution < 1.29 is 19.5 Å². The summed E-state index contributed by atoms with van der Waals surface area (Å²) < 4.78 is 0. The molecule has 0 aliphatic rings. The first kappa shape index (κ1) is 16.2. The van der Waals surface area contributed by atoms with E-state index in [0.29, 0.717) is 0 Å². The van der Waals surface area contributed by atoms with E-state index < -0.39 is 17.9 Å². The minimum Gasteiger partial charge on any atom is -0.481 e. The molecule has 1 atom stereocenters. The van der Waals surface area contributed by atoms with Gasteiger partial charge in [0.15, 0.2) is 0 Å². The fourth-order valence-electron chi connectivity index (χ4n) is 1.62. The van der Waals surface area contributed by atoms with Crippen molar-refractivity contribution in [3.05, 3.63) is 22.4 Å². The van der Waals surface area contributed by atoms with Crippen molar-refractivity contribution in [3.63, 3.8) is 0 Å². The smallest absolute Gasteiger partial charge is 0.321 e. The van der Waals surface area contributed by atoms with Crippen LogP contribution in [-0.2, 0) is 9.59 Å². The maximum atomic E-state index is 11.7. The Labute approximate surface area is 121 Å². The number of hydrogen-bond donors (Lipinski definition) is 3. The van der Waals surface area contributed by atoms with Gasteiger partial charge in [-0.05, 0) is 17.4 Å². The zero-order valence-corrected chi connectivity index (χ0v) is 12.2. The summed E-state index contributed by atoms with van der Waals surface area (Å²) in [6.45, 7) is 3.94. The molecule has 1 rings (SSSR count). The van der Waals surface area contributed by atoms with Gasteiger partial charge in [-0.1, -0.05) is 19.9 Å². The molecule has 3 amide bonds. The lowest BCUT2D eigenvalue weighted by molar-refractivity contribution is -0.138. The monoisotopic (exact) mass is 298 g/mol. The average molecular weight is 298 g/mol. The van der Waals surface area contributed by atoms with Gasteiger partial charge in [0.1, 0.15) is 0 Å². The van der Waals surface area contributed by atoms with Crippen molar-refractivity contribution in [1.82, 2.24) is 10.6 Å². The largest absolute Gasteiger partial charge is 0.481 e. The van der Waals surface area contributed by atoms with Gasteiger partial charge in [-0.2, -0.15) is 0 Å². The van der Waals surface area contributed by atoms with Crippen molar-refractivity contribution in [2.75, 3.05) is 0 Å². The van der Waals surface area contributed by atoms with Crippen LogP contribution in [0.25, 0.3) is 0 Å². The summed E-state index contributed by atoms with van der Waals surface area (Å²) in [4.78, 5) is 34.4. The topological polar surface area (TPSA) is 95.5 Å². The second-order valence-corrected chi connectivity index (χ2v) is 5.63. The Morgan fingerprint density at radius 1 is 1.30 bits per heavy atom. The highest BCUT2D eigenvalue weighted by Crippen LogP contribution is 2.25. The van der Waals surface area contributed by atoms with Gasteiger partial charge in [0.05, 0.1) is 12.5 Å². The number of imide groups is 1. The highest BCUT2D eigenvalue weighted by molar-refractivity contribution is 7.10. The summed E-state index contributed by atoms with van der Waals surface area (Å²) in [6.07, 6.45) is -0.508. The van der Waals surface area contributed by atoms with E-state index in [1.165, 1.54) is 11.3 Å². The molecule has 1 aromatic rings. The maximum Gasteiger partial charge on any atom is 0.321 e. The summed E-state index contributed by atoms with van der Waals surface area (Å²) in [5, 5.41) is 15.2. The van der Waals surface area contributed by atoms with E-state index in [2.05, 4.69) is 10.6 Å². The summed E-state index contributed by atoms with van der Waals surface area (Å²) in [5.41, 5.74) is 0. The highest BCUT2D eigenvalue weighted by Gasteiger charge is 2.20. The summed E-state index contributed by atoms with van der Waals surface area (Å²) in [6, 6.07) is 3.03. The lowest BCUT2D eigenvalue weighted by Crippen LogP contribution is -2.42. The number of carbonyl (C=O) groups excluding carboxylic acids is 2. The molecule has 7 heteroatoms. The number of amides is 3. The first-order chi connectivity index (χ1) is 9.40. The molecule has 1 heterocycles. The van der Waals surface area contributed by atoms with E-state index in [-0.39, 0.29) is 24.8 Å². The Kier molecular flexibility index (Phi) is 6.17. The predicted molar refractivity (Wildman–Crippen MR) is 75.4 cm³/mol. The molecule has 0 aromatic carbocycles. The average Bonchev–Trinajstić information content (AvgIpc) is 2.86. The Balaban J connectivity index is 2.51. The van der Waals surface area contributed by atoms with Gasteiger partial charge in [0, 0.05) is 11.3 Å². The molecule has 0 aliphatic carbocycles. The van der Waals surface area contributed by atoms with Crippen LogP contribution >= 0.6 is 11.3 Å². The van der Waals surface area contributed by atoms with Gasteiger partial charge in [0.25, 0.3) is 0 Å². The van der Waals surface area contributed by atoms with Gasteiger partial charge in [-0.15, -0.1) is 11.3 Å². The number of carboxylic acid groups (broad SMARTS) is 1. The first-order valence-electron chi connectivity index (χ1n) is 6.25. The number of carboxylic acids is 1. The second kappa shape index (κ2) is 7.64. The van der Waals surface area contributed by atoms with E-state index in [9.17, 15) is 14.4 Å². The van der Waals surface area contributed by atoms with E-state index in [1.807, 2.05) is 31.4 Å². The van der Waals surface area contributed by atoms with Gasteiger partial charge < -0.3 is 10.4 Å². The number of nitrogens with one attached hydrogen (secondary N) is 2. The fourth-order valence-corrected chi connectivity index (χ4v) is 2.57. The lowest BCUT2D eigenvalue weighted by atomic mass is 10.0. The van der Waals surface area contributed by atoms with Crippen molar-refractivity contribution in [3.8, 4) is 0 Å². The van der Waals surface area contributed by atoms with E-state index in [0.717, 1.165) is 4.88 Å². The van der Waals surface area contributed by atoms with Crippen LogP contribution in [0, 0.1) is 5.92 Å². The van der Waals surface area contributed by atoms with Gasteiger partial charge in [-0.3, -0.25) is 14.9 Å². The Hall–Kier alpha value is -1.89. The SMILES string of the molecule is CC(C)C(NC(=O)NC(=O)CCC(=O)O)c1cccs1. The summed E-state index contributed by atoms with van der Waals surface area (Å²) in [5.74, 6) is -1.49. The van der Waals surface area contributed by atoms with E-state index in [1.54, 1.807) is 0 Å². The molecule has 0 saturated heterocycles. The third-order valence-electron chi connectivity index (χ3n) is 2.62. The van der Waals surface area contributed by atoms with E-state index in [4.69, 9.17) is 5.11 Å². The minimum absolute atomic E-state index is 0.175. The minimum atomic E-state index is -1.07. The Bertz CT molecular complexity index is 471. The molecule has 6 nitrogen and oxygen atoms in total.